The van der Waals surface area contributed by atoms with Gasteiger partial charge in [0, 0.05) is 12.2 Å². The minimum atomic E-state index is -0.237. The van der Waals surface area contributed by atoms with Gasteiger partial charge in [-0.1, -0.05) is 17.7 Å². The molecule has 2 rings (SSSR count). The zero-order valence-corrected chi connectivity index (χ0v) is 12.9. The van der Waals surface area contributed by atoms with Crippen molar-refractivity contribution in [2.45, 2.75) is 0 Å². The molecule has 0 saturated carbocycles. The third-order valence-corrected chi connectivity index (χ3v) is 3.14. The van der Waals surface area contributed by atoms with E-state index in [-0.39, 0.29) is 5.91 Å². The molecule has 0 aliphatic rings. The fourth-order valence-corrected chi connectivity index (χ4v) is 2.03. The summed E-state index contributed by atoms with van der Waals surface area (Å²) in [6, 6.07) is 8.79. The first-order valence-corrected chi connectivity index (χ1v) is 6.97. The van der Waals surface area contributed by atoms with E-state index in [1.165, 1.54) is 0 Å². The van der Waals surface area contributed by atoms with E-state index in [0.717, 1.165) is 11.4 Å². The lowest BCUT2D eigenvalue weighted by molar-refractivity contribution is 0.0953. The van der Waals surface area contributed by atoms with E-state index in [9.17, 15) is 4.79 Å². The predicted octanol–water partition coefficient (Wildman–Crippen LogP) is 3.40. The molecule has 0 spiro atoms. The van der Waals surface area contributed by atoms with Crippen LogP contribution in [-0.2, 0) is 0 Å². The van der Waals surface area contributed by atoms with Crippen LogP contribution in [0.15, 0.2) is 49.2 Å². The highest BCUT2D eigenvalue weighted by molar-refractivity contribution is 6.32. The van der Waals surface area contributed by atoms with E-state index < -0.39 is 0 Å². The number of amides is 1. The summed E-state index contributed by atoms with van der Waals surface area (Å²) in [5.41, 5.74) is 1.90. The second-order valence-corrected chi connectivity index (χ2v) is 4.81. The van der Waals surface area contributed by atoms with Gasteiger partial charge in [-0.05, 0) is 30.3 Å². The Kier molecular flexibility index (Phi) is 5.38. The number of aromatic nitrogens is 1. The molecule has 1 amide bonds. The molecule has 0 radical (unpaired) electrons. The van der Waals surface area contributed by atoms with Crippen LogP contribution in [-0.4, -0.2) is 24.5 Å². The molecule has 22 heavy (non-hydrogen) atoms. The Bertz CT molecular complexity index is 672. The van der Waals surface area contributed by atoms with Crippen molar-refractivity contribution >= 4 is 28.9 Å². The van der Waals surface area contributed by atoms with Crippen molar-refractivity contribution in [1.82, 2.24) is 10.3 Å². The second-order valence-electron chi connectivity index (χ2n) is 4.41. The fourth-order valence-electron chi connectivity index (χ4n) is 1.77. The lowest BCUT2D eigenvalue weighted by Gasteiger charge is -2.09. The number of methoxy groups -OCH3 is 1. The molecule has 5 nitrogen and oxygen atoms in total. The minimum absolute atomic E-state index is 0.237. The highest BCUT2D eigenvalue weighted by Crippen LogP contribution is 2.28. The Labute approximate surface area is 134 Å². The van der Waals surface area contributed by atoms with Crippen LogP contribution in [0.25, 0.3) is 0 Å². The first kappa shape index (κ1) is 15.9. The number of benzene rings is 1. The molecule has 0 fully saturated rings. The number of pyridine rings is 1. The van der Waals surface area contributed by atoms with E-state index in [0.29, 0.717) is 23.0 Å². The molecule has 2 aromatic rings. The third-order valence-electron chi connectivity index (χ3n) is 2.84. The molecule has 0 aliphatic carbocycles. The summed E-state index contributed by atoms with van der Waals surface area (Å²) in [7, 11) is 1.56. The Morgan fingerprint density at radius 3 is 2.73 bits per heavy atom. The van der Waals surface area contributed by atoms with Gasteiger partial charge < -0.3 is 15.4 Å². The Morgan fingerprint density at radius 2 is 2.14 bits per heavy atom. The molecule has 2 N–H and O–H groups in total. The molecule has 1 heterocycles. The van der Waals surface area contributed by atoms with Gasteiger partial charge in [0.2, 0.25) is 0 Å². The van der Waals surface area contributed by atoms with Crippen molar-refractivity contribution in [3.8, 4) is 5.75 Å². The van der Waals surface area contributed by atoms with Crippen LogP contribution in [0.5, 0.6) is 5.75 Å². The van der Waals surface area contributed by atoms with Gasteiger partial charge in [0.1, 0.15) is 11.4 Å². The number of halogens is 1. The van der Waals surface area contributed by atoms with E-state index in [1.807, 2.05) is 6.07 Å². The van der Waals surface area contributed by atoms with E-state index >= 15 is 0 Å². The van der Waals surface area contributed by atoms with Gasteiger partial charge in [-0.3, -0.25) is 4.79 Å². The minimum Gasteiger partial charge on any atom is -0.495 e. The number of hydrogen-bond acceptors (Lipinski definition) is 4. The quantitative estimate of drug-likeness (QED) is 0.801. The summed E-state index contributed by atoms with van der Waals surface area (Å²) in [5.74, 6) is 0.374. The van der Waals surface area contributed by atoms with Crippen LogP contribution >= 0.6 is 11.6 Å². The number of nitrogens with zero attached hydrogens (tertiary/aromatic N) is 1. The number of anilines is 2. The van der Waals surface area contributed by atoms with Crippen LogP contribution in [0.2, 0.25) is 5.02 Å². The average Bonchev–Trinajstić information content (AvgIpc) is 2.53. The lowest BCUT2D eigenvalue weighted by atomic mass is 10.2. The number of rotatable bonds is 6. The topological polar surface area (TPSA) is 63.2 Å². The van der Waals surface area contributed by atoms with Crippen LogP contribution in [0, 0.1) is 0 Å². The van der Waals surface area contributed by atoms with Gasteiger partial charge >= 0.3 is 0 Å². The van der Waals surface area contributed by atoms with Gasteiger partial charge in [0.25, 0.3) is 5.91 Å². The van der Waals surface area contributed by atoms with Crippen LogP contribution in [0.4, 0.5) is 11.4 Å². The molecule has 0 atom stereocenters. The first-order chi connectivity index (χ1) is 10.6. The van der Waals surface area contributed by atoms with Gasteiger partial charge in [-0.15, -0.1) is 6.58 Å². The van der Waals surface area contributed by atoms with E-state index in [4.69, 9.17) is 16.3 Å². The average molecular weight is 318 g/mol. The molecule has 114 valence electrons. The van der Waals surface area contributed by atoms with E-state index in [2.05, 4.69) is 22.2 Å². The summed E-state index contributed by atoms with van der Waals surface area (Å²) >= 11 is 6.07. The highest BCUT2D eigenvalue weighted by atomic mass is 35.5. The van der Waals surface area contributed by atoms with Gasteiger partial charge in [0.05, 0.1) is 24.0 Å². The van der Waals surface area contributed by atoms with Crippen molar-refractivity contribution in [2.75, 3.05) is 19.0 Å². The number of ether oxygens (including phenoxy) is 1. The molecule has 0 unspecified atom stereocenters. The zero-order valence-electron chi connectivity index (χ0n) is 12.1. The van der Waals surface area contributed by atoms with Crippen molar-refractivity contribution < 1.29 is 9.53 Å². The Balaban J connectivity index is 2.06. The van der Waals surface area contributed by atoms with E-state index in [1.54, 1.807) is 43.6 Å². The molecule has 6 heteroatoms. The molecular formula is C16H16ClN3O2. The smallest absolute Gasteiger partial charge is 0.270 e. The van der Waals surface area contributed by atoms with Crippen molar-refractivity contribution in [3.63, 3.8) is 0 Å². The summed E-state index contributed by atoms with van der Waals surface area (Å²) in [6.45, 7) is 3.95. The molecule has 1 aromatic heterocycles. The predicted molar refractivity (Wildman–Crippen MR) is 88.1 cm³/mol. The van der Waals surface area contributed by atoms with Gasteiger partial charge in [-0.2, -0.15) is 0 Å². The number of hydrogen-bond donors (Lipinski definition) is 2. The van der Waals surface area contributed by atoms with Crippen molar-refractivity contribution in [1.29, 1.82) is 0 Å². The largest absolute Gasteiger partial charge is 0.495 e. The molecular weight excluding hydrogens is 302 g/mol. The standard InChI is InChI=1S/C16H16ClN3O2/c1-3-8-18-16(21)14-6-4-12(10-19-14)20-11-5-7-15(22-2)13(17)9-11/h3-7,9-10,20H,1,8H2,2H3,(H,18,21). The third kappa shape index (κ3) is 3.99. The Hall–Kier alpha value is -2.53. The summed E-state index contributed by atoms with van der Waals surface area (Å²) in [5, 5.41) is 6.34. The second kappa shape index (κ2) is 7.47. The normalized spacial score (nSPS) is 9.91. The zero-order chi connectivity index (χ0) is 15.9. The molecule has 0 bridgehead atoms. The number of carbonyl (C=O) groups excluding carboxylic acids is 1. The Morgan fingerprint density at radius 1 is 1.36 bits per heavy atom. The molecule has 0 aliphatic heterocycles. The SMILES string of the molecule is C=CCNC(=O)c1ccc(Nc2ccc(OC)c(Cl)c2)cn1. The summed E-state index contributed by atoms with van der Waals surface area (Å²) < 4.78 is 5.10. The lowest BCUT2D eigenvalue weighted by Crippen LogP contribution is -2.24. The van der Waals surface area contributed by atoms with Gasteiger partial charge in [-0.25, -0.2) is 4.98 Å². The fraction of sp³-hybridized carbons (Fsp3) is 0.125. The molecule has 1 aromatic carbocycles. The first-order valence-electron chi connectivity index (χ1n) is 6.59. The number of nitrogens with one attached hydrogen (secondary N) is 2. The maximum atomic E-state index is 11.7. The van der Waals surface area contributed by atoms with Crippen LogP contribution < -0.4 is 15.4 Å². The van der Waals surface area contributed by atoms with Crippen LogP contribution in [0.3, 0.4) is 0 Å². The van der Waals surface area contributed by atoms with Gasteiger partial charge in [0.15, 0.2) is 0 Å². The van der Waals surface area contributed by atoms with Crippen molar-refractivity contribution in [2.24, 2.45) is 0 Å². The number of carbonyl (C=O) groups is 1. The maximum absolute atomic E-state index is 11.7. The molecule has 0 saturated heterocycles. The monoisotopic (exact) mass is 317 g/mol. The highest BCUT2D eigenvalue weighted by Gasteiger charge is 2.06. The van der Waals surface area contributed by atoms with Crippen LogP contribution in [0.1, 0.15) is 10.5 Å². The van der Waals surface area contributed by atoms with Crippen molar-refractivity contribution in [3.05, 3.63) is 59.9 Å². The summed E-state index contributed by atoms with van der Waals surface area (Å²) in [6.07, 6.45) is 3.20. The maximum Gasteiger partial charge on any atom is 0.270 e. The summed E-state index contributed by atoms with van der Waals surface area (Å²) in [4.78, 5) is 15.8.